The molecule has 0 amide bonds. The Morgan fingerprint density at radius 2 is 1.56 bits per heavy atom. The fourth-order valence-electron chi connectivity index (χ4n) is 4.05. The SMILES string of the molecule is COc1ccc(CCCCOc2ccc(CNC3CCC(OC(=O)O)(OC(=O)O)C3)cc2)cc1. The van der Waals surface area contributed by atoms with Gasteiger partial charge in [-0.15, -0.1) is 0 Å². The average molecular weight is 474 g/mol. The van der Waals surface area contributed by atoms with E-state index in [1.807, 2.05) is 36.4 Å². The van der Waals surface area contributed by atoms with Gasteiger partial charge in [0.05, 0.1) is 13.7 Å². The molecule has 0 aliphatic heterocycles. The maximum absolute atomic E-state index is 10.9. The summed E-state index contributed by atoms with van der Waals surface area (Å²) in [6.07, 6.45) is 0.714. The van der Waals surface area contributed by atoms with Gasteiger partial charge >= 0.3 is 12.3 Å². The normalized spacial score (nSPS) is 16.6. The largest absolute Gasteiger partial charge is 0.509 e. The van der Waals surface area contributed by atoms with E-state index < -0.39 is 18.1 Å². The van der Waals surface area contributed by atoms with Gasteiger partial charge in [0.1, 0.15) is 11.5 Å². The summed E-state index contributed by atoms with van der Waals surface area (Å²) in [4.78, 5) is 21.9. The van der Waals surface area contributed by atoms with Crippen LogP contribution in [0.4, 0.5) is 9.59 Å². The zero-order valence-corrected chi connectivity index (χ0v) is 19.2. The molecule has 1 aliphatic rings. The van der Waals surface area contributed by atoms with Gasteiger partial charge < -0.3 is 34.5 Å². The van der Waals surface area contributed by atoms with E-state index in [0.29, 0.717) is 19.6 Å². The minimum absolute atomic E-state index is 0.125. The molecule has 9 nitrogen and oxygen atoms in total. The lowest BCUT2D eigenvalue weighted by Gasteiger charge is -2.26. The second-order valence-corrected chi connectivity index (χ2v) is 8.26. The Bertz CT molecular complexity index is 913. The maximum atomic E-state index is 10.9. The van der Waals surface area contributed by atoms with Crippen molar-refractivity contribution in [2.24, 2.45) is 0 Å². The highest BCUT2D eigenvalue weighted by atomic mass is 16.8. The number of hydrogen-bond acceptors (Lipinski definition) is 7. The Morgan fingerprint density at radius 3 is 2.18 bits per heavy atom. The molecule has 0 spiro atoms. The van der Waals surface area contributed by atoms with Crippen LogP contribution in [0, 0.1) is 0 Å². The Hall–Kier alpha value is -3.46. The fourth-order valence-corrected chi connectivity index (χ4v) is 4.05. The van der Waals surface area contributed by atoms with Crippen LogP contribution in [0.1, 0.15) is 43.2 Å². The molecular weight excluding hydrogens is 442 g/mol. The molecule has 2 aromatic carbocycles. The molecule has 1 unspecified atom stereocenters. The zero-order chi connectivity index (χ0) is 24.4. The molecule has 184 valence electrons. The van der Waals surface area contributed by atoms with E-state index in [0.717, 1.165) is 36.3 Å². The lowest BCUT2D eigenvalue weighted by molar-refractivity contribution is -0.177. The van der Waals surface area contributed by atoms with Crippen LogP contribution < -0.4 is 14.8 Å². The van der Waals surface area contributed by atoms with Crippen LogP contribution in [-0.2, 0) is 22.4 Å². The van der Waals surface area contributed by atoms with Crippen molar-refractivity contribution < 1.29 is 38.7 Å². The summed E-state index contributed by atoms with van der Waals surface area (Å²) in [6, 6.07) is 15.7. The highest BCUT2D eigenvalue weighted by Gasteiger charge is 2.46. The number of hydrogen-bond donors (Lipinski definition) is 3. The van der Waals surface area contributed by atoms with Gasteiger partial charge in [-0.2, -0.15) is 0 Å². The molecule has 1 aliphatic carbocycles. The highest BCUT2D eigenvalue weighted by molar-refractivity contribution is 5.60. The van der Waals surface area contributed by atoms with Crippen molar-refractivity contribution in [3.05, 3.63) is 59.7 Å². The molecule has 1 fully saturated rings. The molecule has 9 heteroatoms. The maximum Gasteiger partial charge on any atom is 0.509 e. The van der Waals surface area contributed by atoms with Crippen LogP contribution >= 0.6 is 0 Å². The van der Waals surface area contributed by atoms with Crippen molar-refractivity contribution >= 4 is 12.3 Å². The van der Waals surface area contributed by atoms with E-state index in [-0.39, 0.29) is 18.9 Å². The first-order valence-corrected chi connectivity index (χ1v) is 11.3. The predicted octanol–water partition coefficient (Wildman–Crippen LogP) is 4.82. The number of methoxy groups -OCH3 is 1. The molecule has 1 saturated carbocycles. The van der Waals surface area contributed by atoms with Crippen molar-refractivity contribution in [3.63, 3.8) is 0 Å². The molecule has 3 N–H and O–H groups in total. The first-order valence-electron chi connectivity index (χ1n) is 11.3. The zero-order valence-electron chi connectivity index (χ0n) is 19.2. The smallest absolute Gasteiger partial charge is 0.497 e. The minimum atomic E-state index is -1.65. The van der Waals surface area contributed by atoms with Crippen LogP contribution in [0.3, 0.4) is 0 Å². The summed E-state index contributed by atoms with van der Waals surface area (Å²) in [5, 5.41) is 21.1. The third-order valence-electron chi connectivity index (χ3n) is 5.78. The summed E-state index contributed by atoms with van der Waals surface area (Å²) >= 11 is 0. The lowest BCUT2D eigenvalue weighted by atomic mass is 10.1. The molecule has 0 aromatic heterocycles. The Morgan fingerprint density at radius 1 is 0.941 bits per heavy atom. The van der Waals surface area contributed by atoms with Gasteiger partial charge in [0.15, 0.2) is 0 Å². The van der Waals surface area contributed by atoms with Crippen molar-refractivity contribution in [2.75, 3.05) is 13.7 Å². The number of carbonyl (C=O) groups is 2. The number of nitrogens with one attached hydrogen (secondary N) is 1. The summed E-state index contributed by atoms with van der Waals surface area (Å²) in [5.74, 6) is 0.0136. The number of ether oxygens (including phenoxy) is 4. The minimum Gasteiger partial charge on any atom is -0.497 e. The van der Waals surface area contributed by atoms with Crippen molar-refractivity contribution in [1.29, 1.82) is 0 Å². The van der Waals surface area contributed by atoms with Gasteiger partial charge in [0.2, 0.25) is 0 Å². The summed E-state index contributed by atoms with van der Waals surface area (Å²) < 4.78 is 20.5. The summed E-state index contributed by atoms with van der Waals surface area (Å²) in [5.41, 5.74) is 2.31. The van der Waals surface area contributed by atoms with E-state index in [9.17, 15) is 9.59 Å². The third kappa shape index (κ3) is 7.84. The van der Waals surface area contributed by atoms with Crippen LogP contribution in [0.5, 0.6) is 11.5 Å². The Kier molecular flexibility index (Phi) is 8.98. The third-order valence-corrected chi connectivity index (χ3v) is 5.78. The van der Waals surface area contributed by atoms with Crippen molar-refractivity contribution in [1.82, 2.24) is 5.32 Å². The predicted molar refractivity (Wildman–Crippen MR) is 123 cm³/mol. The monoisotopic (exact) mass is 473 g/mol. The second-order valence-electron chi connectivity index (χ2n) is 8.26. The number of aryl methyl sites for hydroxylation is 1. The molecule has 0 saturated heterocycles. The van der Waals surface area contributed by atoms with E-state index in [4.69, 9.17) is 29.2 Å². The van der Waals surface area contributed by atoms with Gasteiger partial charge in [-0.25, -0.2) is 9.59 Å². The molecule has 3 rings (SSSR count). The van der Waals surface area contributed by atoms with Crippen LogP contribution in [0.15, 0.2) is 48.5 Å². The van der Waals surface area contributed by atoms with Crippen molar-refractivity contribution in [2.45, 2.75) is 56.9 Å². The van der Waals surface area contributed by atoms with E-state index in [2.05, 4.69) is 17.4 Å². The van der Waals surface area contributed by atoms with Crippen LogP contribution in [-0.4, -0.2) is 48.1 Å². The number of rotatable bonds is 12. The molecule has 2 aromatic rings. The van der Waals surface area contributed by atoms with E-state index in [1.54, 1.807) is 7.11 Å². The molecule has 1 atom stereocenters. The van der Waals surface area contributed by atoms with Gasteiger partial charge in [-0.05, 0) is 61.1 Å². The molecular formula is C25H31NO8. The number of benzene rings is 2. The average Bonchev–Trinajstić information content (AvgIpc) is 3.19. The fraction of sp³-hybridized carbons (Fsp3) is 0.440. The lowest BCUT2D eigenvalue weighted by Crippen LogP contribution is -2.39. The first kappa shape index (κ1) is 25.2. The highest BCUT2D eigenvalue weighted by Crippen LogP contribution is 2.35. The molecule has 34 heavy (non-hydrogen) atoms. The quantitative estimate of drug-likeness (QED) is 0.226. The number of carboxylic acid groups (broad SMARTS) is 2. The van der Waals surface area contributed by atoms with Gasteiger partial charge in [-0.1, -0.05) is 24.3 Å². The standard InChI is InChI=1S/C25H31NO8/c1-31-21-9-5-18(6-10-21)4-2-3-15-32-22-11-7-19(8-12-22)17-26-20-13-14-25(16-20,33-23(27)28)34-24(29)30/h5-12,20,26H,2-4,13-17H2,1H3,(H,27,28)(H,29,30). The summed E-state index contributed by atoms with van der Waals surface area (Å²) in [7, 11) is 1.66. The second kappa shape index (κ2) is 12.1. The van der Waals surface area contributed by atoms with Gasteiger partial charge in [0, 0.05) is 25.4 Å². The van der Waals surface area contributed by atoms with E-state index >= 15 is 0 Å². The molecule has 0 radical (unpaired) electrons. The molecule has 0 heterocycles. The number of unbranched alkanes of at least 4 members (excludes halogenated alkanes) is 1. The Labute approximate surface area is 198 Å². The molecule has 0 bridgehead atoms. The van der Waals surface area contributed by atoms with Crippen LogP contribution in [0.2, 0.25) is 0 Å². The summed E-state index contributed by atoms with van der Waals surface area (Å²) in [6.45, 7) is 1.19. The van der Waals surface area contributed by atoms with Gasteiger partial charge in [-0.3, -0.25) is 0 Å². The first-order chi connectivity index (χ1) is 16.4. The topological polar surface area (TPSA) is 124 Å². The van der Waals surface area contributed by atoms with Crippen LogP contribution in [0.25, 0.3) is 0 Å². The van der Waals surface area contributed by atoms with E-state index in [1.165, 1.54) is 5.56 Å². The Balaban J connectivity index is 1.36. The van der Waals surface area contributed by atoms with Crippen molar-refractivity contribution in [3.8, 4) is 11.5 Å². The van der Waals surface area contributed by atoms with Gasteiger partial charge in [0.25, 0.3) is 5.79 Å².